The van der Waals surface area contributed by atoms with Crippen molar-refractivity contribution < 1.29 is 0 Å². The number of allylic oxidation sites excluding steroid dienone is 1. The molecule has 1 N–H and O–H groups in total. The Morgan fingerprint density at radius 3 is 2.28 bits per heavy atom. The average Bonchev–Trinajstić information content (AvgIpc) is 2.34. The summed E-state index contributed by atoms with van der Waals surface area (Å²) in [7, 11) is 0. The Morgan fingerprint density at radius 2 is 1.83 bits per heavy atom. The van der Waals surface area contributed by atoms with E-state index in [0.29, 0.717) is 6.04 Å². The molecule has 0 aromatic heterocycles. The second-order valence-corrected chi connectivity index (χ2v) is 5.59. The molecule has 1 unspecified atom stereocenters. The Kier molecular flexibility index (Phi) is 6.14. The fraction of sp³-hybridized carbons (Fsp3) is 0.529. The molecule has 1 rings (SSSR count). The van der Waals surface area contributed by atoms with Gasteiger partial charge in [-0.15, -0.1) is 0 Å². The Balaban J connectivity index is 2.49. The highest BCUT2D eigenvalue weighted by Crippen LogP contribution is 2.13. The topological polar surface area (TPSA) is 12.0 Å². The van der Waals surface area contributed by atoms with E-state index in [-0.39, 0.29) is 0 Å². The van der Waals surface area contributed by atoms with Crippen molar-refractivity contribution in [3.8, 4) is 0 Å². The smallest absolute Gasteiger partial charge is 0.0208 e. The van der Waals surface area contributed by atoms with E-state index in [2.05, 4.69) is 56.9 Å². The summed E-state index contributed by atoms with van der Waals surface area (Å²) in [5, 5.41) is 3.64. The van der Waals surface area contributed by atoms with E-state index < -0.39 is 0 Å². The predicted molar refractivity (Wildman–Crippen MR) is 81.5 cm³/mol. The van der Waals surface area contributed by atoms with Crippen LogP contribution in [0, 0.1) is 5.92 Å². The second-order valence-electron chi connectivity index (χ2n) is 5.59. The van der Waals surface area contributed by atoms with Gasteiger partial charge in [0, 0.05) is 12.6 Å². The molecule has 0 heterocycles. The monoisotopic (exact) mass is 245 g/mol. The lowest BCUT2D eigenvalue weighted by Crippen LogP contribution is -2.29. The van der Waals surface area contributed by atoms with Gasteiger partial charge in [-0.25, -0.2) is 0 Å². The maximum Gasteiger partial charge on any atom is 0.0208 e. The number of hydrogen-bond acceptors (Lipinski definition) is 1. The largest absolute Gasteiger partial charge is 0.310 e. The van der Waals surface area contributed by atoms with Gasteiger partial charge in [0.05, 0.1) is 0 Å². The third-order valence-electron chi connectivity index (χ3n) is 3.29. The molecule has 1 atom stereocenters. The first-order valence-electron chi connectivity index (χ1n) is 7.01. The number of benzene rings is 1. The van der Waals surface area contributed by atoms with Crippen LogP contribution >= 0.6 is 0 Å². The first kappa shape index (κ1) is 15.0. The molecule has 0 fully saturated rings. The van der Waals surface area contributed by atoms with Gasteiger partial charge in [0.1, 0.15) is 0 Å². The first-order chi connectivity index (χ1) is 8.52. The highest BCUT2D eigenvalue weighted by Gasteiger charge is 2.07. The van der Waals surface area contributed by atoms with Gasteiger partial charge in [0.2, 0.25) is 0 Å². The number of hydrogen-bond donors (Lipinski definition) is 1. The van der Waals surface area contributed by atoms with Gasteiger partial charge in [-0.3, -0.25) is 0 Å². The fourth-order valence-electron chi connectivity index (χ4n) is 2.13. The SMILES string of the molecule is C=C(C)c1ccc(CNC(CC)CC(C)C)cc1. The molecule has 0 spiro atoms. The molecular formula is C17H27N. The van der Waals surface area contributed by atoms with Crippen molar-refractivity contribution in [1.82, 2.24) is 5.32 Å². The normalized spacial score (nSPS) is 12.7. The van der Waals surface area contributed by atoms with Crippen LogP contribution in [0.25, 0.3) is 5.57 Å². The van der Waals surface area contributed by atoms with Gasteiger partial charge < -0.3 is 5.32 Å². The summed E-state index contributed by atoms with van der Waals surface area (Å²) in [6.45, 7) is 13.8. The van der Waals surface area contributed by atoms with E-state index in [9.17, 15) is 0 Å². The van der Waals surface area contributed by atoms with Crippen molar-refractivity contribution in [3.63, 3.8) is 0 Å². The maximum absolute atomic E-state index is 3.96. The summed E-state index contributed by atoms with van der Waals surface area (Å²) < 4.78 is 0. The Labute approximate surface area is 112 Å². The van der Waals surface area contributed by atoms with Crippen molar-refractivity contribution in [1.29, 1.82) is 0 Å². The molecule has 1 heteroatoms. The van der Waals surface area contributed by atoms with E-state index in [4.69, 9.17) is 0 Å². The third-order valence-corrected chi connectivity index (χ3v) is 3.29. The van der Waals surface area contributed by atoms with Gasteiger partial charge in [0.15, 0.2) is 0 Å². The van der Waals surface area contributed by atoms with Crippen molar-refractivity contribution in [2.45, 2.75) is 53.1 Å². The fourth-order valence-corrected chi connectivity index (χ4v) is 2.13. The predicted octanol–water partition coefficient (Wildman–Crippen LogP) is 4.63. The van der Waals surface area contributed by atoms with Gasteiger partial charge in [-0.2, -0.15) is 0 Å². The minimum absolute atomic E-state index is 0.630. The Hall–Kier alpha value is -1.08. The number of nitrogens with one attached hydrogen (secondary N) is 1. The molecular weight excluding hydrogens is 218 g/mol. The van der Waals surface area contributed by atoms with Crippen LogP contribution in [0.3, 0.4) is 0 Å². The molecule has 1 aromatic carbocycles. The maximum atomic E-state index is 3.96. The van der Waals surface area contributed by atoms with Crippen LogP contribution in [-0.4, -0.2) is 6.04 Å². The molecule has 0 aliphatic carbocycles. The van der Waals surface area contributed by atoms with Crippen LogP contribution in [0.4, 0.5) is 0 Å². The number of rotatable bonds is 7. The summed E-state index contributed by atoms with van der Waals surface area (Å²) in [6, 6.07) is 9.33. The van der Waals surface area contributed by atoms with Gasteiger partial charge in [-0.1, -0.05) is 57.2 Å². The van der Waals surface area contributed by atoms with E-state index in [1.54, 1.807) is 0 Å². The minimum Gasteiger partial charge on any atom is -0.310 e. The minimum atomic E-state index is 0.630. The molecule has 0 saturated heterocycles. The van der Waals surface area contributed by atoms with E-state index >= 15 is 0 Å². The van der Waals surface area contributed by atoms with Crippen molar-refractivity contribution in [3.05, 3.63) is 42.0 Å². The molecule has 0 amide bonds. The Morgan fingerprint density at radius 1 is 1.22 bits per heavy atom. The molecule has 18 heavy (non-hydrogen) atoms. The van der Waals surface area contributed by atoms with Crippen molar-refractivity contribution in [2.24, 2.45) is 5.92 Å². The highest BCUT2D eigenvalue weighted by molar-refractivity contribution is 5.61. The Bertz CT molecular complexity index is 362. The van der Waals surface area contributed by atoms with Crippen LogP contribution in [0.15, 0.2) is 30.8 Å². The molecule has 0 aliphatic heterocycles. The summed E-state index contributed by atoms with van der Waals surface area (Å²) in [5.41, 5.74) is 3.70. The average molecular weight is 245 g/mol. The summed E-state index contributed by atoms with van der Waals surface area (Å²) in [6.07, 6.45) is 2.45. The summed E-state index contributed by atoms with van der Waals surface area (Å²) in [4.78, 5) is 0. The van der Waals surface area contributed by atoms with Gasteiger partial charge >= 0.3 is 0 Å². The van der Waals surface area contributed by atoms with E-state index in [1.807, 2.05) is 6.92 Å². The zero-order valence-corrected chi connectivity index (χ0v) is 12.3. The third kappa shape index (κ3) is 5.05. The summed E-state index contributed by atoms with van der Waals surface area (Å²) >= 11 is 0. The first-order valence-corrected chi connectivity index (χ1v) is 7.01. The highest BCUT2D eigenvalue weighted by atomic mass is 14.9. The molecule has 0 bridgehead atoms. The molecule has 100 valence electrons. The lowest BCUT2D eigenvalue weighted by Gasteiger charge is -2.19. The van der Waals surface area contributed by atoms with Crippen LogP contribution in [0.2, 0.25) is 0 Å². The zero-order valence-electron chi connectivity index (χ0n) is 12.3. The summed E-state index contributed by atoms with van der Waals surface area (Å²) in [5.74, 6) is 0.758. The van der Waals surface area contributed by atoms with E-state index in [0.717, 1.165) is 18.0 Å². The standard InChI is InChI=1S/C17H27N/c1-6-17(11-13(2)3)18-12-15-7-9-16(10-8-15)14(4)5/h7-10,13,17-18H,4,6,11-12H2,1-3,5H3. The lowest BCUT2D eigenvalue weighted by molar-refractivity contribution is 0.407. The van der Waals surface area contributed by atoms with Crippen LogP contribution < -0.4 is 5.32 Å². The second kappa shape index (κ2) is 7.38. The quantitative estimate of drug-likeness (QED) is 0.738. The van der Waals surface area contributed by atoms with Gasteiger partial charge in [0.25, 0.3) is 0 Å². The van der Waals surface area contributed by atoms with Crippen molar-refractivity contribution >= 4 is 5.57 Å². The molecule has 0 saturated carbocycles. The van der Waals surface area contributed by atoms with Crippen LogP contribution in [0.5, 0.6) is 0 Å². The van der Waals surface area contributed by atoms with Crippen LogP contribution in [0.1, 0.15) is 51.7 Å². The zero-order chi connectivity index (χ0) is 13.5. The molecule has 1 nitrogen and oxygen atoms in total. The van der Waals surface area contributed by atoms with Gasteiger partial charge in [-0.05, 0) is 36.8 Å². The van der Waals surface area contributed by atoms with Crippen LogP contribution in [-0.2, 0) is 6.54 Å². The van der Waals surface area contributed by atoms with Crippen molar-refractivity contribution in [2.75, 3.05) is 0 Å². The van der Waals surface area contributed by atoms with E-state index in [1.165, 1.54) is 24.0 Å². The molecule has 0 radical (unpaired) electrons. The molecule has 1 aromatic rings. The molecule has 0 aliphatic rings. The lowest BCUT2D eigenvalue weighted by atomic mass is 10.0.